The third-order valence-corrected chi connectivity index (χ3v) is 1.99. The number of nitrogen functional groups attached to an aromatic ring is 1. The van der Waals surface area contributed by atoms with Crippen molar-refractivity contribution in [3.8, 4) is 6.07 Å². The molecule has 74 valence electrons. The number of nitrogens with zero attached hydrogens (tertiary/aromatic N) is 2. The molecule has 0 atom stereocenters. The Morgan fingerprint density at radius 3 is 2.79 bits per heavy atom. The summed E-state index contributed by atoms with van der Waals surface area (Å²) in [5, 5.41) is 16.5. The Bertz CT molecular complexity index is 423. The molecule has 1 aromatic heterocycles. The molecule has 14 heavy (non-hydrogen) atoms. The molecule has 0 radical (unpaired) electrons. The van der Waals surface area contributed by atoms with E-state index in [4.69, 9.17) is 16.5 Å². The first-order valence-corrected chi connectivity index (χ1v) is 4.50. The summed E-state index contributed by atoms with van der Waals surface area (Å²) in [5.74, 6) is 5.94. The lowest BCUT2D eigenvalue weighted by molar-refractivity contribution is 0.642. The van der Waals surface area contributed by atoms with Gasteiger partial charge in [-0.1, -0.05) is 13.8 Å². The molecule has 0 spiro atoms. The third-order valence-electron chi connectivity index (χ3n) is 1.99. The number of pyridine rings is 1. The van der Waals surface area contributed by atoms with E-state index < -0.39 is 0 Å². The lowest BCUT2D eigenvalue weighted by Crippen LogP contribution is -2.29. The van der Waals surface area contributed by atoms with Crippen molar-refractivity contribution in [1.29, 1.82) is 10.7 Å². The van der Waals surface area contributed by atoms with E-state index >= 15 is 0 Å². The van der Waals surface area contributed by atoms with Gasteiger partial charge in [-0.25, -0.2) is 0 Å². The average molecular weight is 190 g/mol. The SMILES string of the molecule is CC(C)Cc1ccn(N)c(=N)c1C#N. The summed E-state index contributed by atoms with van der Waals surface area (Å²) >= 11 is 0. The highest BCUT2D eigenvalue weighted by Gasteiger charge is 2.07. The minimum Gasteiger partial charge on any atom is -0.338 e. The van der Waals surface area contributed by atoms with Gasteiger partial charge in [0.25, 0.3) is 0 Å². The van der Waals surface area contributed by atoms with Crippen LogP contribution in [0, 0.1) is 22.7 Å². The Kier molecular flexibility index (Phi) is 2.92. The van der Waals surface area contributed by atoms with Gasteiger partial charge in [-0.05, 0) is 24.0 Å². The minimum atomic E-state index is 0.0747. The van der Waals surface area contributed by atoms with Gasteiger partial charge in [-0.3, -0.25) is 10.1 Å². The number of hydrogen-bond donors (Lipinski definition) is 2. The first-order valence-electron chi connectivity index (χ1n) is 4.50. The van der Waals surface area contributed by atoms with Crippen LogP contribution in [0.3, 0.4) is 0 Å². The van der Waals surface area contributed by atoms with Crippen molar-refractivity contribution >= 4 is 0 Å². The molecule has 4 nitrogen and oxygen atoms in total. The van der Waals surface area contributed by atoms with Gasteiger partial charge in [0.1, 0.15) is 6.07 Å². The summed E-state index contributed by atoms with van der Waals surface area (Å²) in [6.07, 6.45) is 2.41. The number of aromatic nitrogens is 1. The monoisotopic (exact) mass is 190 g/mol. The van der Waals surface area contributed by atoms with Crippen molar-refractivity contribution in [1.82, 2.24) is 4.68 Å². The number of nitriles is 1. The highest BCUT2D eigenvalue weighted by Crippen LogP contribution is 2.09. The molecule has 0 unspecified atom stereocenters. The molecule has 0 saturated heterocycles. The minimum absolute atomic E-state index is 0.0747. The molecule has 0 bridgehead atoms. The maximum Gasteiger partial charge on any atom is 0.161 e. The Balaban J connectivity index is 3.27. The number of nitrogens with one attached hydrogen (secondary N) is 1. The highest BCUT2D eigenvalue weighted by molar-refractivity contribution is 5.34. The molecule has 4 heteroatoms. The molecule has 0 amide bonds. The van der Waals surface area contributed by atoms with Gasteiger partial charge in [0.05, 0.1) is 5.56 Å². The third kappa shape index (κ3) is 1.94. The number of nitrogens with two attached hydrogens (primary N) is 1. The second-order valence-corrected chi connectivity index (χ2v) is 3.68. The molecule has 3 N–H and O–H groups in total. The summed E-state index contributed by atoms with van der Waals surface area (Å²) in [6.45, 7) is 4.16. The van der Waals surface area contributed by atoms with E-state index in [-0.39, 0.29) is 5.49 Å². The van der Waals surface area contributed by atoms with Crippen LogP contribution in [0.5, 0.6) is 0 Å². The van der Waals surface area contributed by atoms with Crippen molar-refractivity contribution in [2.45, 2.75) is 20.3 Å². The number of rotatable bonds is 2. The molecular formula is C10H14N4. The van der Waals surface area contributed by atoms with Gasteiger partial charge in [-0.15, -0.1) is 0 Å². The average Bonchev–Trinajstić information content (AvgIpc) is 2.11. The Hall–Kier alpha value is -1.76. The lowest BCUT2D eigenvalue weighted by Gasteiger charge is -2.08. The van der Waals surface area contributed by atoms with Crippen LogP contribution >= 0.6 is 0 Å². The van der Waals surface area contributed by atoms with Gasteiger partial charge < -0.3 is 5.84 Å². The smallest absolute Gasteiger partial charge is 0.161 e. The summed E-state index contributed by atoms with van der Waals surface area (Å²) in [6, 6.07) is 3.82. The summed E-state index contributed by atoms with van der Waals surface area (Å²) in [7, 11) is 0. The first kappa shape index (κ1) is 10.3. The van der Waals surface area contributed by atoms with E-state index in [1.54, 1.807) is 12.3 Å². The molecule has 0 fully saturated rings. The maximum absolute atomic E-state index is 8.90. The standard InChI is InChI=1S/C10H14N4/c1-7(2)5-8-3-4-14(13)10(12)9(8)6-11/h3-4,7,12H,5,13H2,1-2H3. The molecule has 1 aromatic rings. The molecule has 1 rings (SSSR count). The van der Waals surface area contributed by atoms with E-state index in [0.29, 0.717) is 11.5 Å². The molecule has 0 aliphatic carbocycles. The quantitative estimate of drug-likeness (QED) is 0.675. The molecular weight excluding hydrogens is 176 g/mol. The Morgan fingerprint density at radius 1 is 1.64 bits per heavy atom. The van der Waals surface area contributed by atoms with Gasteiger partial charge in [0, 0.05) is 6.20 Å². The van der Waals surface area contributed by atoms with Crippen LogP contribution in [0.1, 0.15) is 25.0 Å². The van der Waals surface area contributed by atoms with Crippen molar-refractivity contribution in [2.75, 3.05) is 5.84 Å². The fourth-order valence-electron chi connectivity index (χ4n) is 1.34. The zero-order valence-electron chi connectivity index (χ0n) is 8.41. The molecule has 0 aliphatic heterocycles. The van der Waals surface area contributed by atoms with Crippen LogP contribution in [0.2, 0.25) is 0 Å². The van der Waals surface area contributed by atoms with Crippen molar-refractivity contribution in [3.05, 3.63) is 28.9 Å². The normalized spacial score (nSPS) is 10.1. The highest BCUT2D eigenvalue weighted by atomic mass is 15.3. The van der Waals surface area contributed by atoms with E-state index in [0.717, 1.165) is 16.7 Å². The fraction of sp³-hybridized carbons (Fsp3) is 0.400. The fourth-order valence-corrected chi connectivity index (χ4v) is 1.34. The predicted octanol–water partition coefficient (Wildman–Crippen LogP) is 0.752. The van der Waals surface area contributed by atoms with Crippen LogP contribution < -0.4 is 11.3 Å². The zero-order valence-corrected chi connectivity index (χ0v) is 8.41. The second kappa shape index (κ2) is 3.97. The van der Waals surface area contributed by atoms with E-state index in [1.807, 2.05) is 6.07 Å². The van der Waals surface area contributed by atoms with Crippen LogP contribution in [-0.2, 0) is 6.42 Å². The molecule has 0 saturated carbocycles. The van der Waals surface area contributed by atoms with Gasteiger partial charge in [0.2, 0.25) is 0 Å². The zero-order chi connectivity index (χ0) is 10.7. The molecule has 0 aromatic carbocycles. The van der Waals surface area contributed by atoms with E-state index in [2.05, 4.69) is 13.8 Å². The van der Waals surface area contributed by atoms with Crippen LogP contribution in [0.4, 0.5) is 0 Å². The van der Waals surface area contributed by atoms with Gasteiger partial charge >= 0.3 is 0 Å². The van der Waals surface area contributed by atoms with Crippen molar-refractivity contribution < 1.29 is 0 Å². The first-order chi connectivity index (χ1) is 6.56. The van der Waals surface area contributed by atoms with Crippen LogP contribution in [0.25, 0.3) is 0 Å². The van der Waals surface area contributed by atoms with Crippen molar-refractivity contribution in [2.24, 2.45) is 5.92 Å². The van der Waals surface area contributed by atoms with Crippen LogP contribution in [-0.4, -0.2) is 4.68 Å². The molecule has 1 heterocycles. The van der Waals surface area contributed by atoms with E-state index in [9.17, 15) is 0 Å². The Labute approximate surface area is 83.1 Å². The second-order valence-electron chi connectivity index (χ2n) is 3.68. The summed E-state index contributed by atoms with van der Waals surface area (Å²) in [4.78, 5) is 0. The topological polar surface area (TPSA) is 78.6 Å². The summed E-state index contributed by atoms with van der Waals surface area (Å²) in [5.41, 5.74) is 1.35. The van der Waals surface area contributed by atoms with Crippen molar-refractivity contribution in [3.63, 3.8) is 0 Å². The van der Waals surface area contributed by atoms with Gasteiger partial charge in [0.15, 0.2) is 5.49 Å². The Morgan fingerprint density at radius 2 is 2.29 bits per heavy atom. The summed E-state index contributed by atoms with van der Waals surface area (Å²) < 4.78 is 1.16. The maximum atomic E-state index is 8.90. The number of hydrogen-bond acceptors (Lipinski definition) is 3. The lowest BCUT2D eigenvalue weighted by atomic mass is 10.0. The van der Waals surface area contributed by atoms with Gasteiger partial charge in [-0.2, -0.15) is 5.26 Å². The van der Waals surface area contributed by atoms with Crippen LogP contribution in [0.15, 0.2) is 12.3 Å². The van der Waals surface area contributed by atoms with E-state index in [1.165, 1.54) is 0 Å². The molecule has 0 aliphatic rings. The largest absolute Gasteiger partial charge is 0.338 e. The predicted molar refractivity (Wildman–Crippen MR) is 53.7 cm³/mol.